The van der Waals surface area contributed by atoms with Gasteiger partial charge in [-0.2, -0.15) is 4.39 Å². The van der Waals surface area contributed by atoms with E-state index in [9.17, 15) is 17.6 Å². The molecule has 1 aliphatic heterocycles. The van der Waals surface area contributed by atoms with Crippen LogP contribution in [0.5, 0.6) is 0 Å². The maximum atomic E-state index is 13.8. The number of hydrogen-bond donors (Lipinski definition) is 1. The van der Waals surface area contributed by atoms with Crippen molar-refractivity contribution >= 4 is 15.9 Å². The summed E-state index contributed by atoms with van der Waals surface area (Å²) < 4.78 is 37.5. The van der Waals surface area contributed by atoms with Gasteiger partial charge in [-0.05, 0) is 12.1 Å². The van der Waals surface area contributed by atoms with Crippen LogP contribution in [0, 0.1) is 0 Å². The smallest absolute Gasteiger partial charge is 0.407 e. The van der Waals surface area contributed by atoms with Crippen LogP contribution >= 0.6 is 0 Å². The van der Waals surface area contributed by atoms with Crippen LogP contribution in [0.3, 0.4) is 0 Å². The summed E-state index contributed by atoms with van der Waals surface area (Å²) in [7, 11) is -4.15. The van der Waals surface area contributed by atoms with Crippen LogP contribution in [-0.2, 0) is 9.84 Å². The number of likely N-dealkylation sites (tertiary alicyclic amines) is 1. The highest BCUT2D eigenvalue weighted by molar-refractivity contribution is 7.95. The molecular weight excluding hydrogens is 261 g/mol. The maximum Gasteiger partial charge on any atom is 0.407 e. The molecule has 18 heavy (non-hydrogen) atoms. The van der Waals surface area contributed by atoms with Crippen LogP contribution in [0.25, 0.3) is 0 Å². The predicted octanol–water partition coefficient (Wildman–Crippen LogP) is 1.64. The first-order chi connectivity index (χ1) is 8.43. The second kappa shape index (κ2) is 4.41. The standard InChI is InChI=1S/C11H10FNO4S/c12-10(8-6-13(7-8)11(14)15)18(16,17)9-4-2-1-3-5-9/h1-5H,6-7H2,(H,14,15). The SMILES string of the molecule is O=C(O)N1CC(=C(F)S(=O)(=O)c2ccccc2)C1. The van der Waals surface area contributed by atoms with E-state index in [1.807, 2.05) is 0 Å². The Kier molecular flexibility index (Phi) is 3.08. The number of halogens is 1. The number of carboxylic acid groups (broad SMARTS) is 1. The molecule has 0 saturated carbocycles. The third-order valence-electron chi connectivity index (χ3n) is 2.60. The molecular formula is C11H10FNO4S. The van der Waals surface area contributed by atoms with Crippen LogP contribution in [0.15, 0.2) is 46.0 Å². The van der Waals surface area contributed by atoms with Gasteiger partial charge in [0, 0.05) is 5.57 Å². The van der Waals surface area contributed by atoms with Gasteiger partial charge in [0.15, 0.2) is 0 Å². The molecule has 5 nitrogen and oxygen atoms in total. The van der Waals surface area contributed by atoms with E-state index in [0.29, 0.717) is 0 Å². The van der Waals surface area contributed by atoms with Gasteiger partial charge in [0.2, 0.25) is 15.0 Å². The molecule has 7 heteroatoms. The Morgan fingerprint density at radius 3 is 2.28 bits per heavy atom. The monoisotopic (exact) mass is 271 g/mol. The molecule has 1 saturated heterocycles. The Hall–Kier alpha value is -1.89. The lowest BCUT2D eigenvalue weighted by Gasteiger charge is -2.31. The fourth-order valence-corrected chi connectivity index (χ4v) is 2.80. The molecule has 0 radical (unpaired) electrons. The summed E-state index contributed by atoms with van der Waals surface area (Å²) in [5, 5.41) is 7.34. The highest BCUT2D eigenvalue weighted by Gasteiger charge is 2.33. The van der Waals surface area contributed by atoms with Gasteiger partial charge in [-0.25, -0.2) is 13.2 Å². The summed E-state index contributed by atoms with van der Waals surface area (Å²) >= 11 is 0. The van der Waals surface area contributed by atoms with Gasteiger partial charge < -0.3 is 5.11 Å². The number of rotatable bonds is 2. The highest BCUT2D eigenvalue weighted by atomic mass is 32.2. The number of sulfone groups is 1. The highest BCUT2D eigenvalue weighted by Crippen LogP contribution is 2.27. The molecule has 0 aromatic heterocycles. The van der Waals surface area contributed by atoms with E-state index in [4.69, 9.17) is 5.11 Å². The molecule has 96 valence electrons. The van der Waals surface area contributed by atoms with Gasteiger partial charge in [0.25, 0.3) is 0 Å². The second-order valence-electron chi connectivity index (χ2n) is 3.83. The van der Waals surface area contributed by atoms with Crippen LogP contribution < -0.4 is 0 Å². The lowest BCUT2D eigenvalue weighted by Crippen LogP contribution is -2.44. The number of amides is 1. The number of nitrogens with zero attached hydrogens (tertiary/aromatic N) is 1. The normalized spacial score (nSPS) is 15.2. The first kappa shape index (κ1) is 12.6. The molecule has 2 rings (SSSR count). The minimum atomic E-state index is -4.15. The lowest BCUT2D eigenvalue weighted by atomic mass is 10.1. The molecule has 0 aliphatic carbocycles. The second-order valence-corrected chi connectivity index (χ2v) is 5.67. The zero-order chi connectivity index (χ0) is 13.3. The Bertz CT molecular complexity index is 601. The number of benzene rings is 1. The average molecular weight is 271 g/mol. The largest absolute Gasteiger partial charge is 0.465 e. The molecule has 1 fully saturated rings. The third kappa shape index (κ3) is 2.08. The summed E-state index contributed by atoms with van der Waals surface area (Å²) in [6.07, 6.45) is -1.19. The fourth-order valence-electron chi connectivity index (χ4n) is 1.57. The predicted molar refractivity (Wildman–Crippen MR) is 61.4 cm³/mol. The van der Waals surface area contributed by atoms with Crippen molar-refractivity contribution in [1.29, 1.82) is 0 Å². The van der Waals surface area contributed by atoms with Gasteiger partial charge in [0.1, 0.15) is 0 Å². The summed E-state index contributed by atoms with van der Waals surface area (Å²) in [4.78, 5) is 11.3. The van der Waals surface area contributed by atoms with E-state index in [-0.39, 0.29) is 23.6 Å². The Morgan fingerprint density at radius 1 is 1.22 bits per heavy atom. The van der Waals surface area contributed by atoms with Gasteiger partial charge in [-0.1, -0.05) is 18.2 Å². The van der Waals surface area contributed by atoms with Crippen molar-refractivity contribution in [3.8, 4) is 0 Å². The zero-order valence-electron chi connectivity index (χ0n) is 9.21. The summed E-state index contributed by atoms with van der Waals surface area (Å²) in [6.45, 7) is -0.402. The molecule has 1 amide bonds. The Morgan fingerprint density at radius 2 is 1.78 bits per heavy atom. The Labute approximate surface area is 103 Å². The van der Waals surface area contributed by atoms with Gasteiger partial charge in [-0.15, -0.1) is 0 Å². The van der Waals surface area contributed by atoms with Crippen molar-refractivity contribution in [2.24, 2.45) is 0 Å². The van der Waals surface area contributed by atoms with E-state index in [0.717, 1.165) is 4.90 Å². The quantitative estimate of drug-likeness (QED) is 0.887. The van der Waals surface area contributed by atoms with Gasteiger partial charge in [0.05, 0.1) is 18.0 Å². The van der Waals surface area contributed by atoms with Crippen molar-refractivity contribution in [2.75, 3.05) is 13.1 Å². The van der Waals surface area contributed by atoms with Crippen LogP contribution in [0.2, 0.25) is 0 Å². The van der Waals surface area contributed by atoms with Crippen LogP contribution in [0.1, 0.15) is 0 Å². The van der Waals surface area contributed by atoms with Gasteiger partial charge >= 0.3 is 6.09 Å². The van der Waals surface area contributed by atoms with E-state index in [2.05, 4.69) is 0 Å². The molecule has 0 bridgehead atoms. The first-order valence-electron chi connectivity index (χ1n) is 5.08. The molecule has 1 N–H and O–H groups in total. The number of carbonyl (C=O) groups is 1. The molecule has 1 heterocycles. The zero-order valence-corrected chi connectivity index (χ0v) is 10.0. The summed E-state index contributed by atoms with van der Waals surface area (Å²) in [6, 6.07) is 7.20. The molecule has 0 unspecified atom stereocenters. The topological polar surface area (TPSA) is 74.7 Å². The fraction of sp³-hybridized carbons (Fsp3) is 0.182. The molecule has 0 spiro atoms. The minimum absolute atomic E-state index is 0.0127. The van der Waals surface area contributed by atoms with Gasteiger partial charge in [-0.3, -0.25) is 4.90 Å². The van der Waals surface area contributed by atoms with E-state index in [1.54, 1.807) is 6.07 Å². The molecule has 1 aromatic carbocycles. The third-order valence-corrected chi connectivity index (χ3v) is 4.25. The van der Waals surface area contributed by atoms with Crippen LogP contribution in [0.4, 0.5) is 9.18 Å². The summed E-state index contributed by atoms with van der Waals surface area (Å²) in [5.74, 6) is 0. The van der Waals surface area contributed by atoms with Crippen molar-refractivity contribution in [3.05, 3.63) is 41.1 Å². The number of hydrogen-bond acceptors (Lipinski definition) is 3. The van der Waals surface area contributed by atoms with Crippen LogP contribution in [-0.4, -0.2) is 37.6 Å². The van der Waals surface area contributed by atoms with E-state index in [1.165, 1.54) is 24.3 Å². The molecule has 0 atom stereocenters. The molecule has 1 aliphatic rings. The lowest BCUT2D eigenvalue weighted by molar-refractivity contribution is 0.137. The van der Waals surface area contributed by atoms with Crippen molar-refractivity contribution < 1.29 is 22.7 Å². The first-order valence-corrected chi connectivity index (χ1v) is 6.57. The Balaban J connectivity index is 2.28. The van der Waals surface area contributed by atoms with Crippen molar-refractivity contribution in [1.82, 2.24) is 4.90 Å². The van der Waals surface area contributed by atoms with E-state index >= 15 is 0 Å². The van der Waals surface area contributed by atoms with E-state index < -0.39 is 21.1 Å². The maximum absolute atomic E-state index is 13.8. The summed E-state index contributed by atoms with van der Waals surface area (Å²) in [5.41, 5.74) is -0.0127. The van der Waals surface area contributed by atoms with Crippen molar-refractivity contribution in [3.63, 3.8) is 0 Å². The minimum Gasteiger partial charge on any atom is -0.465 e. The van der Waals surface area contributed by atoms with Crippen molar-refractivity contribution in [2.45, 2.75) is 4.90 Å². The molecule has 1 aromatic rings. The average Bonchev–Trinajstić information content (AvgIpc) is 2.27.